The third-order valence-corrected chi connectivity index (χ3v) is 2.44. The van der Waals surface area contributed by atoms with Gasteiger partial charge in [-0.1, -0.05) is 5.92 Å². The second kappa shape index (κ2) is 2.65. The van der Waals surface area contributed by atoms with Crippen molar-refractivity contribution >= 4 is 11.3 Å². The Morgan fingerprint density at radius 2 is 2.45 bits per heavy atom. The van der Waals surface area contributed by atoms with Crippen LogP contribution < -0.4 is 0 Å². The molecule has 0 aliphatic carbocycles. The molecule has 0 aliphatic heterocycles. The molecule has 0 saturated heterocycles. The summed E-state index contributed by atoms with van der Waals surface area (Å²) in [6, 6.07) is 0. The van der Waals surface area contributed by atoms with Gasteiger partial charge in [-0.2, -0.15) is 0 Å². The van der Waals surface area contributed by atoms with Crippen LogP contribution in [0.5, 0.6) is 0 Å². The van der Waals surface area contributed by atoms with Crippen LogP contribution in [0.25, 0.3) is 0 Å². The molecule has 1 N–H and O–H groups in total. The molecule has 3 heteroatoms. The molecule has 0 fully saturated rings. The van der Waals surface area contributed by atoms with Gasteiger partial charge in [-0.25, -0.2) is 4.98 Å². The zero-order valence-corrected chi connectivity index (χ0v) is 7.27. The Balaban J connectivity index is 3.04. The van der Waals surface area contributed by atoms with Crippen LogP contribution >= 0.6 is 11.3 Å². The quantitative estimate of drug-likeness (QED) is 0.639. The second-order valence-electron chi connectivity index (χ2n) is 2.49. The first-order valence-electron chi connectivity index (χ1n) is 3.19. The van der Waals surface area contributed by atoms with Crippen molar-refractivity contribution in [2.75, 3.05) is 0 Å². The lowest BCUT2D eigenvalue weighted by atomic mass is 10.1. The van der Waals surface area contributed by atoms with Crippen LogP contribution in [0.1, 0.15) is 16.8 Å². The molecular formula is C8H9NOS. The largest absolute Gasteiger partial charge is 0.371 e. The molecule has 1 atom stereocenters. The van der Waals surface area contributed by atoms with E-state index in [1.165, 1.54) is 11.3 Å². The van der Waals surface area contributed by atoms with Crippen molar-refractivity contribution < 1.29 is 5.11 Å². The van der Waals surface area contributed by atoms with E-state index in [2.05, 4.69) is 10.9 Å². The van der Waals surface area contributed by atoms with Crippen molar-refractivity contribution in [3.8, 4) is 12.3 Å². The van der Waals surface area contributed by atoms with Gasteiger partial charge < -0.3 is 5.11 Å². The number of terminal acetylenes is 1. The zero-order chi connectivity index (χ0) is 8.48. The normalized spacial score (nSPS) is 15.5. The summed E-state index contributed by atoms with van der Waals surface area (Å²) in [6.45, 7) is 3.49. The second-order valence-corrected chi connectivity index (χ2v) is 3.73. The van der Waals surface area contributed by atoms with Crippen LogP contribution in [0.3, 0.4) is 0 Å². The fourth-order valence-corrected chi connectivity index (χ4v) is 1.41. The van der Waals surface area contributed by atoms with E-state index >= 15 is 0 Å². The van der Waals surface area contributed by atoms with Crippen molar-refractivity contribution in [2.24, 2.45) is 0 Å². The van der Waals surface area contributed by atoms with Crippen molar-refractivity contribution in [3.63, 3.8) is 0 Å². The van der Waals surface area contributed by atoms with Gasteiger partial charge in [-0.05, 0) is 13.8 Å². The summed E-state index contributed by atoms with van der Waals surface area (Å²) in [6.07, 6.45) is 6.81. The van der Waals surface area contributed by atoms with Crippen molar-refractivity contribution in [1.29, 1.82) is 0 Å². The summed E-state index contributed by atoms with van der Waals surface area (Å²) in [5.74, 6) is 2.27. The Bertz CT molecular complexity index is 295. The topological polar surface area (TPSA) is 33.1 Å². The Kier molecular flexibility index (Phi) is 1.99. The van der Waals surface area contributed by atoms with E-state index in [0.717, 1.165) is 4.88 Å². The molecule has 0 aliphatic rings. The number of aromatic nitrogens is 1. The van der Waals surface area contributed by atoms with Crippen molar-refractivity contribution in [3.05, 3.63) is 16.1 Å². The van der Waals surface area contributed by atoms with Crippen LogP contribution in [0, 0.1) is 19.3 Å². The Hall–Kier alpha value is -0.850. The molecule has 0 saturated carbocycles. The zero-order valence-electron chi connectivity index (χ0n) is 6.46. The van der Waals surface area contributed by atoms with Crippen LogP contribution in [0.15, 0.2) is 6.20 Å². The summed E-state index contributed by atoms with van der Waals surface area (Å²) >= 11 is 1.42. The number of aliphatic hydroxyl groups is 1. The van der Waals surface area contributed by atoms with Crippen molar-refractivity contribution in [2.45, 2.75) is 19.4 Å². The molecular weight excluding hydrogens is 158 g/mol. The minimum Gasteiger partial charge on any atom is -0.371 e. The van der Waals surface area contributed by atoms with E-state index in [1.807, 2.05) is 6.92 Å². The average Bonchev–Trinajstić information content (AvgIpc) is 2.36. The monoisotopic (exact) mass is 167 g/mol. The van der Waals surface area contributed by atoms with E-state index < -0.39 is 5.60 Å². The highest BCUT2D eigenvalue weighted by molar-refractivity contribution is 7.11. The van der Waals surface area contributed by atoms with Gasteiger partial charge in [-0.15, -0.1) is 17.8 Å². The summed E-state index contributed by atoms with van der Waals surface area (Å²) in [4.78, 5) is 5.04. The van der Waals surface area contributed by atoms with Gasteiger partial charge in [0.15, 0.2) is 5.60 Å². The number of hydrogen-bond donors (Lipinski definition) is 1. The first kappa shape index (κ1) is 8.25. The molecule has 1 aromatic heterocycles. The molecule has 0 amide bonds. The number of hydrogen-bond acceptors (Lipinski definition) is 3. The minimum atomic E-state index is -1.21. The van der Waals surface area contributed by atoms with E-state index in [1.54, 1.807) is 13.1 Å². The standard InChI is InChI=1S/C8H9NOS/c1-4-8(3,10)7-9-5-6(2)11-7/h1,5,10H,2-3H3/t8-/m0/s1. The summed E-state index contributed by atoms with van der Waals surface area (Å²) < 4.78 is 0. The number of thiazole rings is 1. The van der Waals surface area contributed by atoms with Gasteiger partial charge in [0.05, 0.1) is 0 Å². The highest BCUT2D eigenvalue weighted by atomic mass is 32.1. The lowest BCUT2D eigenvalue weighted by Crippen LogP contribution is -2.17. The van der Waals surface area contributed by atoms with Gasteiger partial charge in [0.2, 0.25) is 0 Å². The highest BCUT2D eigenvalue weighted by Gasteiger charge is 2.22. The predicted octanol–water partition coefficient (Wildman–Crippen LogP) is 1.29. The van der Waals surface area contributed by atoms with Crippen molar-refractivity contribution in [1.82, 2.24) is 4.98 Å². The fraction of sp³-hybridized carbons (Fsp3) is 0.375. The molecule has 0 unspecified atom stereocenters. The maximum atomic E-state index is 9.52. The molecule has 58 valence electrons. The number of rotatable bonds is 1. The average molecular weight is 167 g/mol. The van der Waals surface area contributed by atoms with Gasteiger partial charge in [-0.3, -0.25) is 0 Å². The van der Waals surface area contributed by atoms with E-state index in [-0.39, 0.29) is 0 Å². The first-order valence-corrected chi connectivity index (χ1v) is 4.01. The highest BCUT2D eigenvalue weighted by Crippen LogP contribution is 2.23. The summed E-state index contributed by atoms with van der Waals surface area (Å²) in [5.41, 5.74) is -1.21. The maximum absolute atomic E-state index is 9.52. The molecule has 0 spiro atoms. The minimum absolute atomic E-state index is 0.581. The van der Waals surface area contributed by atoms with Crippen LogP contribution in [0.2, 0.25) is 0 Å². The van der Waals surface area contributed by atoms with E-state index in [4.69, 9.17) is 6.42 Å². The Labute approximate surface area is 69.9 Å². The summed E-state index contributed by atoms with van der Waals surface area (Å²) in [5, 5.41) is 10.1. The third-order valence-electron chi connectivity index (χ3n) is 1.32. The van der Waals surface area contributed by atoms with Gasteiger partial charge in [0.25, 0.3) is 0 Å². The van der Waals surface area contributed by atoms with E-state index in [0.29, 0.717) is 5.01 Å². The maximum Gasteiger partial charge on any atom is 0.174 e. The van der Waals surface area contributed by atoms with E-state index in [9.17, 15) is 5.11 Å². The molecule has 0 bridgehead atoms. The first-order chi connectivity index (χ1) is 5.06. The third kappa shape index (κ3) is 1.59. The molecule has 1 heterocycles. The Morgan fingerprint density at radius 3 is 2.82 bits per heavy atom. The van der Waals surface area contributed by atoms with Crippen LogP contribution in [0.4, 0.5) is 0 Å². The number of nitrogens with zero attached hydrogens (tertiary/aromatic N) is 1. The van der Waals surface area contributed by atoms with Crippen LogP contribution in [-0.4, -0.2) is 10.1 Å². The molecule has 1 aromatic rings. The number of aryl methyl sites for hydroxylation is 1. The smallest absolute Gasteiger partial charge is 0.174 e. The predicted molar refractivity (Wildman–Crippen MR) is 45.3 cm³/mol. The molecule has 11 heavy (non-hydrogen) atoms. The molecule has 1 rings (SSSR count). The molecule has 0 aromatic carbocycles. The van der Waals surface area contributed by atoms with Gasteiger partial charge >= 0.3 is 0 Å². The lowest BCUT2D eigenvalue weighted by molar-refractivity contribution is 0.122. The Morgan fingerprint density at radius 1 is 1.82 bits per heavy atom. The van der Waals surface area contributed by atoms with Gasteiger partial charge in [0.1, 0.15) is 5.01 Å². The lowest BCUT2D eigenvalue weighted by Gasteiger charge is -2.11. The van der Waals surface area contributed by atoms with Crippen LogP contribution in [-0.2, 0) is 5.60 Å². The van der Waals surface area contributed by atoms with Gasteiger partial charge in [0, 0.05) is 11.1 Å². The fourth-order valence-electron chi connectivity index (χ4n) is 0.642. The molecule has 0 radical (unpaired) electrons. The summed E-state index contributed by atoms with van der Waals surface area (Å²) in [7, 11) is 0. The SMILES string of the molecule is C#C[C@](C)(O)c1ncc(C)s1. The molecule has 2 nitrogen and oxygen atoms in total.